The second-order valence-corrected chi connectivity index (χ2v) is 5.60. The monoisotopic (exact) mass is 206 g/mol. The smallest absolute Gasteiger partial charge is 0.178 e. The van der Waals surface area contributed by atoms with E-state index in [1.165, 1.54) is 6.04 Å². The van der Waals surface area contributed by atoms with Crippen molar-refractivity contribution in [2.24, 2.45) is 5.41 Å². The van der Waals surface area contributed by atoms with E-state index in [1.54, 1.807) is 14.2 Å². The molecular weight excluding hydrogens is 184 g/mol. The van der Waals surface area contributed by atoms with Crippen molar-refractivity contribution in [2.45, 2.75) is 33.1 Å². The minimum absolute atomic E-state index is 0.201. The van der Waals surface area contributed by atoms with Crippen molar-refractivity contribution in [3.63, 3.8) is 0 Å². The molecule has 0 unspecified atom stereocenters. The van der Waals surface area contributed by atoms with Gasteiger partial charge >= 0.3 is 0 Å². The fourth-order valence-corrected chi connectivity index (χ4v) is 1.91. The van der Waals surface area contributed by atoms with Crippen LogP contribution in [0.3, 0.4) is 0 Å². The van der Waals surface area contributed by atoms with Gasteiger partial charge in [0, 0.05) is 14.2 Å². The molecule has 4 heteroatoms. The molecule has 0 aliphatic carbocycles. The van der Waals surface area contributed by atoms with E-state index < -0.39 is 9.76 Å². The van der Waals surface area contributed by atoms with Gasteiger partial charge in [-0.1, -0.05) is 20.8 Å². The average Bonchev–Trinajstić information content (AvgIpc) is 2.03. The highest BCUT2D eigenvalue weighted by Crippen LogP contribution is 2.18. The lowest BCUT2D eigenvalue weighted by Gasteiger charge is -2.18. The molecule has 0 saturated carbocycles. The Morgan fingerprint density at radius 2 is 1.69 bits per heavy atom. The Balaban J connectivity index is 3.34. The third-order valence-corrected chi connectivity index (χ3v) is 4.00. The van der Waals surface area contributed by atoms with Crippen LogP contribution in [0.4, 0.5) is 0 Å². The fourth-order valence-electron chi connectivity index (χ4n) is 0.790. The molecule has 0 aromatic heterocycles. The highest BCUT2D eigenvalue weighted by atomic mass is 28.2. The van der Waals surface area contributed by atoms with Crippen molar-refractivity contribution in [1.82, 2.24) is 0 Å². The average molecular weight is 206 g/mol. The molecule has 3 nitrogen and oxygen atoms in total. The van der Waals surface area contributed by atoms with E-state index in [4.69, 9.17) is 13.9 Å². The molecule has 0 bridgehead atoms. The van der Waals surface area contributed by atoms with Crippen molar-refractivity contribution in [3.8, 4) is 0 Å². The van der Waals surface area contributed by atoms with Gasteiger partial charge in [0.2, 0.25) is 0 Å². The maximum absolute atomic E-state index is 5.54. The zero-order valence-corrected chi connectivity index (χ0v) is 10.8. The molecule has 0 saturated heterocycles. The third kappa shape index (κ3) is 8.43. The standard InChI is InChI=1S/C9H22O3Si/c1-9(2,3)7-13-12-6-8(10-4)11-5/h8H,6-7,13H2,1-5H3. The van der Waals surface area contributed by atoms with Crippen molar-refractivity contribution in [1.29, 1.82) is 0 Å². The molecule has 0 rings (SSSR count). The van der Waals surface area contributed by atoms with Crippen LogP contribution < -0.4 is 0 Å². The summed E-state index contributed by atoms with van der Waals surface area (Å²) >= 11 is 0. The summed E-state index contributed by atoms with van der Waals surface area (Å²) in [4.78, 5) is 0. The Bertz CT molecular complexity index is 119. The Kier molecular flexibility index (Phi) is 6.58. The van der Waals surface area contributed by atoms with Gasteiger partial charge in [0.05, 0.1) is 6.61 Å². The summed E-state index contributed by atoms with van der Waals surface area (Å²) in [5.41, 5.74) is 0.391. The van der Waals surface area contributed by atoms with Crippen LogP contribution in [0.15, 0.2) is 0 Å². The third-order valence-electron chi connectivity index (χ3n) is 1.78. The molecule has 0 N–H and O–H groups in total. The lowest BCUT2D eigenvalue weighted by atomic mass is 10.0. The number of hydrogen-bond donors (Lipinski definition) is 0. The molecule has 0 aromatic carbocycles. The Morgan fingerprint density at radius 1 is 1.15 bits per heavy atom. The molecule has 80 valence electrons. The number of hydrogen-bond acceptors (Lipinski definition) is 3. The van der Waals surface area contributed by atoms with Gasteiger partial charge < -0.3 is 13.9 Å². The van der Waals surface area contributed by atoms with Gasteiger partial charge in [-0.15, -0.1) is 0 Å². The Labute approximate surface area is 83.7 Å². The summed E-state index contributed by atoms with van der Waals surface area (Å²) in [7, 11) is 2.84. The van der Waals surface area contributed by atoms with E-state index in [9.17, 15) is 0 Å². The Morgan fingerprint density at radius 3 is 2.08 bits per heavy atom. The van der Waals surface area contributed by atoms with Crippen LogP contribution in [0.2, 0.25) is 6.04 Å². The van der Waals surface area contributed by atoms with Crippen LogP contribution in [0.25, 0.3) is 0 Å². The molecule has 0 aromatic rings. The molecule has 13 heavy (non-hydrogen) atoms. The summed E-state index contributed by atoms with van der Waals surface area (Å²) in [5.74, 6) is 0. The summed E-state index contributed by atoms with van der Waals surface area (Å²) < 4.78 is 15.6. The highest BCUT2D eigenvalue weighted by Gasteiger charge is 2.11. The lowest BCUT2D eigenvalue weighted by molar-refractivity contribution is -0.122. The van der Waals surface area contributed by atoms with Crippen LogP contribution in [0.1, 0.15) is 20.8 Å². The highest BCUT2D eigenvalue weighted by molar-refractivity contribution is 6.27. The molecule has 0 heterocycles. The predicted octanol–water partition coefficient (Wildman–Crippen LogP) is 1.17. The van der Waals surface area contributed by atoms with Crippen LogP contribution >= 0.6 is 0 Å². The van der Waals surface area contributed by atoms with Gasteiger partial charge in [-0.25, -0.2) is 0 Å². The zero-order valence-electron chi connectivity index (χ0n) is 9.42. The molecule has 0 aliphatic heterocycles. The van der Waals surface area contributed by atoms with Crippen molar-refractivity contribution in [3.05, 3.63) is 0 Å². The first-order valence-corrected chi connectivity index (χ1v) is 6.20. The molecule has 0 spiro atoms. The van der Waals surface area contributed by atoms with Crippen molar-refractivity contribution < 1.29 is 13.9 Å². The second kappa shape index (κ2) is 6.54. The van der Waals surface area contributed by atoms with E-state index in [0.717, 1.165) is 0 Å². The number of rotatable bonds is 6. The molecule has 0 atom stereocenters. The topological polar surface area (TPSA) is 27.7 Å². The summed E-state index contributed by atoms with van der Waals surface area (Å²) in [6.45, 7) is 7.25. The minimum Gasteiger partial charge on any atom is -0.419 e. The summed E-state index contributed by atoms with van der Waals surface area (Å²) in [6, 6.07) is 1.19. The van der Waals surface area contributed by atoms with Crippen LogP contribution in [0.5, 0.6) is 0 Å². The molecule has 0 fully saturated rings. The zero-order chi connectivity index (χ0) is 10.3. The van der Waals surface area contributed by atoms with Gasteiger partial charge in [0.1, 0.15) is 0 Å². The summed E-state index contributed by atoms with van der Waals surface area (Å²) in [6.07, 6.45) is -0.201. The Hall–Kier alpha value is 0.0969. The van der Waals surface area contributed by atoms with Gasteiger partial charge in [-0.05, 0) is 11.5 Å². The molecule has 0 amide bonds. The van der Waals surface area contributed by atoms with E-state index >= 15 is 0 Å². The normalized spacial score (nSPS) is 13.4. The van der Waals surface area contributed by atoms with Gasteiger partial charge in [-0.3, -0.25) is 0 Å². The first-order valence-electron chi connectivity index (χ1n) is 4.63. The van der Waals surface area contributed by atoms with Crippen LogP contribution in [-0.2, 0) is 13.9 Å². The van der Waals surface area contributed by atoms with Gasteiger partial charge in [0.15, 0.2) is 16.1 Å². The maximum Gasteiger partial charge on any atom is 0.178 e. The van der Waals surface area contributed by atoms with E-state index in [0.29, 0.717) is 12.0 Å². The SMILES string of the molecule is COC(CO[SiH2]CC(C)(C)C)OC. The number of methoxy groups -OCH3 is 2. The first kappa shape index (κ1) is 13.1. The van der Waals surface area contributed by atoms with Gasteiger partial charge in [-0.2, -0.15) is 0 Å². The summed E-state index contributed by atoms with van der Waals surface area (Å²) in [5, 5.41) is 0. The lowest BCUT2D eigenvalue weighted by Crippen LogP contribution is -2.22. The van der Waals surface area contributed by atoms with Crippen molar-refractivity contribution >= 4 is 9.76 Å². The second-order valence-electron chi connectivity index (χ2n) is 4.29. The molecular formula is C9H22O3Si. The van der Waals surface area contributed by atoms with Crippen molar-refractivity contribution in [2.75, 3.05) is 20.8 Å². The van der Waals surface area contributed by atoms with Gasteiger partial charge in [0.25, 0.3) is 0 Å². The first-order chi connectivity index (χ1) is 5.99. The van der Waals surface area contributed by atoms with E-state index in [2.05, 4.69) is 20.8 Å². The quantitative estimate of drug-likeness (QED) is 0.371. The molecule has 0 radical (unpaired) electrons. The molecule has 0 aliphatic rings. The van der Waals surface area contributed by atoms with Crippen LogP contribution in [-0.4, -0.2) is 36.9 Å². The maximum atomic E-state index is 5.54. The predicted molar refractivity (Wildman–Crippen MR) is 56.6 cm³/mol. The van der Waals surface area contributed by atoms with Crippen LogP contribution in [0, 0.1) is 5.41 Å². The number of ether oxygens (including phenoxy) is 2. The van der Waals surface area contributed by atoms with E-state index in [1.807, 2.05) is 0 Å². The van der Waals surface area contributed by atoms with E-state index in [-0.39, 0.29) is 6.29 Å². The minimum atomic E-state index is -0.414. The largest absolute Gasteiger partial charge is 0.419 e. The fraction of sp³-hybridized carbons (Fsp3) is 1.00.